The average Bonchev–Trinajstić information content (AvgIpc) is 2.85. The fraction of sp³-hybridized carbons (Fsp3) is 0.958. The van der Waals surface area contributed by atoms with Crippen molar-refractivity contribution in [2.75, 3.05) is 13.2 Å². The maximum Gasteiger partial charge on any atom is 0.222 e. The number of carbonyl (C=O) groups excluding carboxylic acids is 1. The van der Waals surface area contributed by atoms with E-state index in [2.05, 4.69) is 12.2 Å². The van der Waals surface area contributed by atoms with Crippen molar-refractivity contribution in [1.29, 1.82) is 0 Å². The van der Waals surface area contributed by atoms with Gasteiger partial charge >= 0.3 is 0 Å². The van der Waals surface area contributed by atoms with Gasteiger partial charge in [-0.3, -0.25) is 4.79 Å². The standard InChI is InChI=1S/C24H45NO11/c1-4-5-6-7-8-9-15(12-16(27)25-10-11-26)35-24-22(20(31)18(29)14(3)34-24)36-23-21(32)19(30)17(28)13(2)33-23/h13-15,17-24,26,28-32H,4-12H2,1-3H3,(H,25,27)/t13-,14-,15?,17+,18-,19-,20+,21-,22+,23+,24-/m0/s1. The first-order valence-electron chi connectivity index (χ1n) is 13.0. The van der Waals surface area contributed by atoms with E-state index in [1.54, 1.807) is 6.92 Å². The number of hydrogen-bond acceptors (Lipinski definition) is 11. The van der Waals surface area contributed by atoms with Crippen LogP contribution in [0.4, 0.5) is 0 Å². The summed E-state index contributed by atoms with van der Waals surface area (Å²) < 4.78 is 23.2. The lowest BCUT2D eigenvalue weighted by molar-refractivity contribution is -0.366. The molecule has 212 valence electrons. The van der Waals surface area contributed by atoms with Crippen molar-refractivity contribution in [3.63, 3.8) is 0 Å². The summed E-state index contributed by atoms with van der Waals surface area (Å²) in [5.41, 5.74) is 0. The predicted octanol–water partition coefficient (Wildman–Crippen LogP) is -1.09. The Kier molecular flexibility index (Phi) is 13.4. The summed E-state index contributed by atoms with van der Waals surface area (Å²) in [5, 5.41) is 63.2. The monoisotopic (exact) mass is 523 g/mol. The lowest BCUT2D eigenvalue weighted by Gasteiger charge is -2.46. The summed E-state index contributed by atoms with van der Waals surface area (Å²) in [6.45, 7) is 5.09. The molecule has 0 aromatic rings. The number of rotatable bonds is 14. The van der Waals surface area contributed by atoms with Crippen LogP contribution in [0.25, 0.3) is 0 Å². The Morgan fingerprint density at radius 2 is 1.47 bits per heavy atom. The summed E-state index contributed by atoms with van der Waals surface area (Å²) in [6.07, 6.45) is -8.09. The molecule has 0 saturated carbocycles. The number of carbonyl (C=O) groups is 1. The molecule has 36 heavy (non-hydrogen) atoms. The van der Waals surface area contributed by atoms with Crippen LogP contribution in [0.3, 0.4) is 0 Å². The molecule has 2 aliphatic heterocycles. The van der Waals surface area contributed by atoms with Gasteiger partial charge in [0, 0.05) is 6.54 Å². The van der Waals surface area contributed by atoms with E-state index >= 15 is 0 Å². The van der Waals surface area contributed by atoms with Crippen molar-refractivity contribution in [2.45, 2.75) is 133 Å². The Morgan fingerprint density at radius 1 is 0.861 bits per heavy atom. The average molecular weight is 524 g/mol. The summed E-state index contributed by atoms with van der Waals surface area (Å²) in [7, 11) is 0. The van der Waals surface area contributed by atoms with Gasteiger partial charge in [0.1, 0.15) is 36.6 Å². The van der Waals surface area contributed by atoms with Gasteiger partial charge in [0.15, 0.2) is 12.6 Å². The maximum absolute atomic E-state index is 12.3. The molecule has 0 aliphatic carbocycles. The van der Waals surface area contributed by atoms with Gasteiger partial charge in [0.2, 0.25) is 5.91 Å². The first-order chi connectivity index (χ1) is 17.1. The van der Waals surface area contributed by atoms with E-state index in [0.29, 0.717) is 6.42 Å². The minimum Gasteiger partial charge on any atom is -0.395 e. The largest absolute Gasteiger partial charge is 0.395 e. The van der Waals surface area contributed by atoms with Gasteiger partial charge in [0.25, 0.3) is 0 Å². The fourth-order valence-electron chi connectivity index (χ4n) is 4.40. The summed E-state index contributed by atoms with van der Waals surface area (Å²) in [5.74, 6) is -0.318. The SMILES string of the molecule is CCCCCCCC(CC(=O)NCCO)O[C@@H]1O[C@@H](C)[C@H](O)[C@@H](O)[C@H]1O[C@H]1O[C@@H](C)[C@@H](O)[C@H](O)[C@@H]1O. The van der Waals surface area contributed by atoms with Crippen molar-refractivity contribution in [3.8, 4) is 0 Å². The van der Waals surface area contributed by atoms with Crippen LogP contribution in [0, 0.1) is 0 Å². The van der Waals surface area contributed by atoms with Gasteiger partial charge in [-0.2, -0.15) is 0 Å². The second kappa shape index (κ2) is 15.5. The second-order valence-corrected chi connectivity index (χ2v) is 9.71. The molecular formula is C24H45NO11. The summed E-state index contributed by atoms with van der Waals surface area (Å²) >= 11 is 0. The minimum atomic E-state index is -1.63. The van der Waals surface area contributed by atoms with Gasteiger partial charge in [-0.15, -0.1) is 0 Å². The molecule has 0 aromatic heterocycles. The summed E-state index contributed by atoms with van der Waals surface area (Å²) in [4.78, 5) is 12.3. The Labute approximate surface area is 212 Å². The van der Waals surface area contributed by atoms with Crippen LogP contribution >= 0.6 is 0 Å². The van der Waals surface area contributed by atoms with E-state index < -0.39 is 67.5 Å². The van der Waals surface area contributed by atoms with E-state index in [1.807, 2.05) is 0 Å². The molecule has 12 nitrogen and oxygen atoms in total. The zero-order chi connectivity index (χ0) is 26.8. The zero-order valence-corrected chi connectivity index (χ0v) is 21.4. The highest BCUT2D eigenvalue weighted by molar-refractivity contribution is 5.76. The second-order valence-electron chi connectivity index (χ2n) is 9.71. The predicted molar refractivity (Wildman–Crippen MR) is 127 cm³/mol. The Bertz CT molecular complexity index is 641. The van der Waals surface area contributed by atoms with Crippen molar-refractivity contribution in [3.05, 3.63) is 0 Å². The third-order valence-corrected chi connectivity index (χ3v) is 6.69. The highest BCUT2D eigenvalue weighted by Crippen LogP contribution is 2.31. The van der Waals surface area contributed by atoms with Crippen LogP contribution in [-0.2, 0) is 23.7 Å². The van der Waals surface area contributed by atoms with Crippen LogP contribution in [0.1, 0.15) is 65.7 Å². The van der Waals surface area contributed by atoms with Crippen molar-refractivity contribution in [2.24, 2.45) is 0 Å². The van der Waals surface area contributed by atoms with E-state index in [4.69, 9.17) is 24.1 Å². The number of ether oxygens (including phenoxy) is 4. The van der Waals surface area contributed by atoms with Crippen LogP contribution < -0.4 is 5.32 Å². The van der Waals surface area contributed by atoms with E-state index in [-0.39, 0.29) is 25.5 Å². The van der Waals surface area contributed by atoms with Crippen LogP contribution in [0.2, 0.25) is 0 Å². The number of aliphatic hydroxyl groups is 6. The number of unbranched alkanes of at least 4 members (excludes halogenated alkanes) is 4. The van der Waals surface area contributed by atoms with Gasteiger partial charge in [-0.05, 0) is 20.3 Å². The van der Waals surface area contributed by atoms with Gasteiger partial charge in [0.05, 0.1) is 31.3 Å². The molecule has 2 aliphatic rings. The maximum atomic E-state index is 12.3. The van der Waals surface area contributed by atoms with E-state index in [1.165, 1.54) is 6.92 Å². The molecule has 7 N–H and O–H groups in total. The normalized spacial score (nSPS) is 38.0. The van der Waals surface area contributed by atoms with Gasteiger partial charge in [-0.1, -0.05) is 39.0 Å². The van der Waals surface area contributed by atoms with E-state index in [0.717, 1.165) is 32.1 Å². The zero-order valence-electron chi connectivity index (χ0n) is 21.4. The molecule has 2 heterocycles. The third kappa shape index (κ3) is 8.83. The van der Waals surface area contributed by atoms with Crippen molar-refractivity contribution in [1.82, 2.24) is 5.32 Å². The number of aliphatic hydroxyl groups excluding tert-OH is 6. The van der Waals surface area contributed by atoms with Gasteiger partial charge in [-0.25, -0.2) is 0 Å². The Morgan fingerprint density at radius 3 is 2.11 bits per heavy atom. The molecule has 0 radical (unpaired) electrons. The quantitative estimate of drug-likeness (QED) is 0.137. The Hall–Kier alpha value is -0.930. The molecule has 2 saturated heterocycles. The molecule has 12 heteroatoms. The molecule has 11 atom stereocenters. The first kappa shape index (κ1) is 31.3. The summed E-state index contributed by atoms with van der Waals surface area (Å²) in [6, 6.07) is 0. The number of hydrogen-bond donors (Lipinski definition) is 7. The van der Waals surface area contributed by atoms with Crippen molar-refractivity contribution >= 4 is 5.91 Å². The smallest absolute Gasteiger partial charge is 0.222 e. The van der Waals surface area contributed by atoms with Crippen molar-refractivity contribution < 1.29 is 54.4 Å². The Balaban J connectivity index is 2.14. The van der Waals surface area contributed by atoms with E-state index in [9.17, 15) is 30.3 Å². The molecule has 2 rings (SSSR count). The number of amides is 1. The van der Waals surface area contributed by atoms with Crippen LogP contribution in [0.15, 0.2) is 0 Å². The molecule has 1 amide bonds. The topological polar surface area (TPSA) is 187 Å². The lowest BCUT2D eigenvalue weighted by atomic mass is 9.97. The van der Waals surface area contributed by atoms with Crippen LogP contribution in [0.5, 0.6) is 0 Å². The highest BCUT2D eigenvalue weighted by atomic mass is 16.8. The third-order valence-electron chi connectivity index (χ3n) is 6.69. The molecular weight excluding hydrogens is 478 g/mol. The van der Waals surface area contributed by atoms with Crippen LogP contribution in [-0.4, -0.2) is 117 Å². The van der Waals surface area contributed by atoms with Gasteiger partial charge < -0.3 is 54.9 Å². The lowest BCUT2D eigenvalue weighted by Crippen LogP contribution is -2.63. The molecule has 0 spiro atoms. The molecule has 0 aromatic carbocycles. The minimum absolute atomic E-state index is 0.0160. The molecule has 0 bridgehead atoms. The fourth-order valence-corrected chi connectivity index (χ4v) is 4.40. The molecule has 1 unspecified atom stereocenters. The highest BCUT2D eigenvalue weighted by Gasteiger charge is 2.50. The number of nitrogens with one attached hydrogen (secondary N) is 1. The molecule has 2 fully saturated rings. The first-order valence-corrected chi connectivity index (χ1v) is 13.0.